The van der Waals surface area contributed by atoms with E-state index in [0.717, 1.165) is 12.8 Å². The van der Waals surface area contributed by atoms with Crippen molar-refractivity contribution in [1.29, 1.82) is 0 Å². The Labute approximate surface area is 139 Å². The van der Waals surface area contributed by atoms with Crippen molar-refractivity contribution in [3.05, 3.63) is 28.5 Å². The highest BCUT2D eigenvalue weighted by atomic mass is 79.9. The SMILES string of the molecule is CCN(C(=O)N(C)C1CCC(O)CC1)c1ccc(Br)cc1F. The number of amides is 2. The number of carbonyl (C=O) groups excluding carboxylic acids is 1. The van der Waals surface area contributed by atoms with Crippen molar-refractivity contribution in [3.8, 4) is 0 Å². The molecule has 0 spiro atoms. The van der Waals surface area contributed by atoms with E-state index in [1.54, 1.807) is 24.1 Å². The fraction of sp³-hybridized carbons (Fsp3) is 0.562. The van der Waals surface area contributed by atoms with Crippen molar-refractivity contribution >= 4 is 27.6 Å². The van der Waals surface area contributed by atoms with Crippen molar-refractivity contribution in [2.75, 3.05) is 18.5 Å². The molecule has 122 valence electrons. The highest BCUT2D eigenvalue weighted by Gasteiger charge is 2.29. The normalized spacial score (nSPS) is 21.5. The van der Waals surface area contributed by atoms with Gasteiger partial charge >= 0.3 is 6.03 Å². The van der Waals surface area contributed by atoms with E-state index >= 15 is 0 Å². The van der Waals surface area contributed by atoms with Crippen LogP contribution in [0.2, 0.25) is 0 Å². The van der Waals surface area contributed by atoms with Crippen LogP contribution in [-0.4, -0.2) is 41.8 Å². The predicted octanol–water partition coefficient (Wildman–Crippen LogP) is 3.77. The van der Waals surface area contributed by atoms with E-state index in [-0.39, 0.29) is 18.2 Å². The Morgan fingerprint density at radius 2 is 2.00 bits per heavy atom. The Bertz CT molecular complexity index is 533. The lowest BCUT2D eigenvalue weighted by atomic mass is 9.92. The zero-order chi connectivity index (χ0) is 16.3. The molecule has 1 fully saturated rings. The molecule has 2 amide bonds. The molecule has 0 unspecified atom stereocenters. The first-order chi connectivity index (χ1) is 10.4. The monoisotopic (exact) mass is 372 g/mol. The van der Waals surface area contributed by atoms with E-state index in [1.807, 2.05) is 6.92 Å². The van der Waals surface area contributed by atoms with Crippen LogP contribution in [0.3, 0.4) is 0 Å². The molecule has 0 radical (unpaired) electrons. The Morgan fingerprint density at radius 3 is 2.55 bits per heavy atom. The topological polar surface area (TPSA) is 43.8 Å². The van der Waals surface area contributed by atoms with Gasteiger partial charge in [0.05, 0.1) is 11.8 Å². The van der Waals surface area contributed by atoms with Crippen LogP contribution in [0.15, 0.2) is 22.7 Å². The van der Waals surface area contributed by atoms with Crippen LogP contribution in [0.25, 0.3) is 0 Å². The molecule has 1 aromatic carbocycles. The molecule has 1 aliphatic rings. The first-order valence-corrected chi connectivity index (χ1v) is 8.40. The molecule has 1 saturated carbocycles. The fourth-order valence-electron chi connectivity index (χ4n) is 2.90. The zero-order valence-corrected chi connectivity index (χ0v) is 14.5. The van der Waals surface area contributed by atoms with Crippen molar-refractivity contribution in [1.82, 2.24) is 4.90 Å². The van der Waals surface area contributed by atoms with E-state index in [1.165, 1.54) is 11.0 Å². The Balaban J connectivity index is 2.14. The van der Waals surface area contributed by atoms with Gasteiger partial charge in [0, 0.05) is 24.1 Å². The maximum atomic E-state index is 14.1. The molecule has 22 heavy (non-hydrogen) atoms. The Hall–Kier alpha value is -1.14. The molecule has 1 aromatic rings. The number of hydrogen-bond donors (Lipinski definition) is 1. The summed E-state index contributed by atoms with van der Waals surface area (Å²) in [6.45, 7) is 2.23. The number of rotatable bonds is 3. The smallest absolute Gasteiger partial charge is 0.324 e. The number of carbonyl (C=O) groups is 1. The third-order valence-electron chi connectivity index (χ3n) is 4.26. The first-order valence-electron chi connectivity index (χ1n) is 7.61. The van der Waals surface area contributed by atoms with Gasteiger partial charge in [-0.25, -0.2) is 9.18 Å². The van der Waals surface area contributed by atoms with Gasteiger partial charge in [-0.05, 0) is 50.8 Å². The van der Waals surface area contributed by atoms with Crippen LogP contribution in [0.5, 0.6) is 0 Å². The van der Waals surface area contributed by atoms with Crippen molar-refractivity contribution in [3.63, 3.8) is 0 Å². The predicted molar refractivity (Wildman–Crippen MR) is 88.5 cm³/mol. The van der Waals surface area contributed by atoms with Crippen LogP contribution < -0.4 is 4.90 Å². The minimum Gasteiger partial charge on any atom is -0.393 e. The maximum Gasteiger partial charge on any atom is 0.324 e. The number of anilines is 1. The number of aliphatic hydroxyl groups is 1. The third kappa shape index (κ3) is 3.79. The van der Waals surface area contributed by atoms with Gasteiger partial charge in [0.2, 0.25) is 0 Å². The van der Waals surface area contributed by atoms with Crippen molar-refractivity contribution < 1.29 is 14.3 Å². The summed E-state index contributed by atoms with van der Waals surface area (Å²) < 4.78 is 14.8. The molecule has 0 aliphatic heterocycles. The molecule has 1 N–H and O–H groups in total. The number of halogens is 2. The lowest BCUT2D eigenvalue weighted by molar-refractivity contribution is 0.0931. The minimum absolute atomic E-state index is 0.100. The number of benzene rings is 1. The molecule has 1 aliphatic carbocycles. The molecule has 2 rings (SSSR count). The van der Waals surface area contributed by atoms with E-state index in [2.05, 4.69) is 15.9 Å². The molecule has 0 saturated heterocycles. The minimum atomic E-state index is -0.419. The van der Waals surface area contributed by atoms with E-state index < -0.39 is 5.82 Å². The van der Waals surface area contributed by atoms with Crippen LogP contribution in [0.4, 0.5) is 14.9 Å². The van der Waals surface area contributed by atoms with Gasteiger partial charge in [-0.1, -0.05) is 15.9 Å². The van der Waals surface area contributed by atoms with Crippen LogP contribution in [0, 0.1) is 5.82 Å². The summed E-state index contributed by atoms with van der Waals surface area (Å²) in [5.74, 6) is -0.419. The van der Waals surface area contributed by atoms with Gasteiger partial charge in [-0.15, -0.1) is 0 Å². The summed E-state index contributed by atoms with van der Waals surface area (Å²) in [4.78, 5) is 15.8. The third-order valence-corrected chi connectivity index (χ3v) is 4.76. The highest BCUT2D eigenvalue weighted by Crippen LogP contribution is 2.27. The van der Waals surface area contributed by atoms with Gasteiger partial charge in [0.25, 0.3) is 0 Å². The fourth-order valence-corrected chi connectivity index (χ4v) is 3.23. The second-order valence-electron chi connectivity index (χ2n) is 5.70. The van der Waals surface area contributed by atoms with Crippen LogP contribution >= 0.6 is 15.9 Å². The lowest BCUT2D eigenvalue weighted by Gasteiger charge is -2.36. The summed E-state index contributed by atoms with van der Waals surface area (Å²) in [7, 11) is 1.75. The number of nitrogens with zero attached hydrogens (tertiary/aromatic N) is 2. The largest absolute Gasteiger partial charge is 0.393 e. The summed E-state index contributed by atoms with van der Waals surface area (Å²) in [6.07, 6.45) is 2.72. The van der Waals surface area contributed by atoms with Gasteiger partial charge in [-0.2, -0.15) is 0 Å². The summed E-state index contributed by atoms with van der Waals surface area (Å²) in [5.41, 5.74) is 0.290. The molecular formula is C16H22BrFN2O2. The highest BCUT2D eigenvalue weighted by molar-refractivity contribution is 9.10. The van der Waals surface area contributed by atoms with E-state index in [0.29, 0.717) is 29.5 Å². The number of hydrogen-bond acceptors (Lipinski definition) is 2. The summed E-state index contributed by atoms with van der Waals surface area (Å²) in [5, 5.41) is 9.58. The van der Waals surface area contributed by atoms with Gasteiger partial charge in [0.1, 0.15) is 5.82 Å². The van der Waals surface area contributed by atoms with Gasteiger partial charge in [-0.3, -0.25) is 4.90 Å². The van der Waals surface area contributed by atoms with E-state index in [9.17, 15) is 14.3 Å². The Kier molecular flexibility index (Phi) is 5.81. The zero-order valence-electron chi connectivity index (χ0n) is 12.9. The summed E-state index contributed by atoms with van der Waals surface area (Å²) >= 11 is 3.22. The number of aliphatic hydroxyl groups excluding tert-OH is 1. The average Bonchev–Trinajstić information content (AvgIpc) is 2.50. The van der Waals surface area contributed by atoms with Gasteiger partial charge < -0.3 is 10.0 Å². The molecule has 0 aromatic heterocycles. The molecular weight excluding hydrogens is 351 g/mol. The first kappa shape index (κ1) is 17.2. The van der Waals surface area contributed by atoms with Crippen molar-refractivity contribution in [2.45, 2.75) is 44.8 Å². The second kappa shape index (κ2) is 7.42. The van der Waals surface area contributed by atoms with Crippen molar-refractivity contribution in [2.24, 2.45) is 0 Å². The number of urea groups is 1. The molecule has 0 atom stereocenters. The Morgan fingerprint density at radius 1 is 1.36 bits per heavy atom. The lowest BCUT2D eigenvalue weighted by Crippen LogP contribution is -2.47. The molecule has 0 bridgehead atoms. The van der Waals surface area contributed by atoms with Gasteiger partial charge in [0.15, 0.2) is 0 Å². The quantitative estimate of drug-likeness (QED) is 0.877. The average molecular weight is 373 g/mol. The standard InChI is InChI=1S/C16H22BrFN2O2/c1-3-20(15-9-4-11(17)10-14(15)18)16(22)19(2)12-5-7-13(21)8-6-12/h4,9-10,12-13,21H,3,5-8H2,1-2H3. The maximum absolute atomic E-state index is 14.1. The van der Waals surface area contributed by atoms with E-state index in [4.69, 9.17) is 0 Å². The molecule has 4 nitrogen and oxygen atoms in total. The molecule has 6 heteroatoms. The summed E-state index contributed by atoms with van der Waals surface area (Å²) in [6, 6.07) is 4.60. The second-order valence-corrected chi connectivity index (χ2v) is 6.61. The van der Waals surface area contributed by atoms with Crippen LogP contribution in [-0.2, 0) is 0 Å². The van der Waals surface area contributed by atoms with Crippen LogP contribution in [0.1, 0.15) is 32.6 Å². The molecule has 0 heterocycles.